The fourth-order valence-electron chi connectivity index (χ4n) is 3.48. The third-order valence-electron chi connectivity index (χ3n) is 4.71. The van der Waals surface area contributed by atoms with Gasteiger partial charge in [-0.1, -0.05) is 25.8 Å². The highest BCUT2D eigenvalue weighted by Gasteiger charge is 2.34. The number of aromatic nitrogens is 3. The van der Waals surface area contributed by atoms with Crippen molar-refractivity contribution in [1.29, 1.82) is 0 Å². The summed E-state index contributed by atoms with van der Waals surface area (Å²) in [5.41, 5.74) is 0.671. The molecule has 2 heterocycles. The molecule has 0 unspecified atom stereocenters. The Kier molecular flexibility index (Phi) is 4.66. The highest BCUT2D eigenvalue weighted by molar-refractivity contribution is 5.95. The molecule has 1 aliphatic carbocycles. The number of aliphatic hydroxyl groups is 1. The predicted molar refractivity (Wildman–Crippen MR) is 91.1 cm³/mol. The summed E-state index contributed by atoms with van der Waals surface area (Å²) in [4.78, 5) is 18.8. The third kappa shape index (κ3) is 3.19. The third-order valence-corrected chi connectivity index (χ3v) is 4.71. The second-order valence-electron chi connectivity index (χ2n) is 6.55. The monoisotopic (exact) mass is 328 g/mol. The van der Waals surface area contributed by atoms with Crippen molar-refractivity contribution < 1.29 is 9.90 Å². The van der Waals surface area contributed by atoms with Gasteiger partial charge in [-0.3, -0.25) is 4.79 Å². The molecule has 0 atom stereocenters. The first-order chi connectivity index (χ1) is 11.5. The summed E-state index contributed by atoms with van der Waals surface area (Å²) in [5, 5.41) is 14.9. The first-order valence-corrected chi connectivity index (χ1v) is 8.50. The van der Waals surface area contributed by atoms with E-state index in [2.05, 4.69) is 10.1 Å². The van der Waals surface area contributed by atoms with Gasteiger partial charge in [0.1, 0.15) is 0 Å². The van der Waals surface area contributed by atoms with E-state index in [0.29, 0.717) is 24.3 Å². The number of amides is 1. The first-order valence-electron chi connectivity index (χ1n) is 8.50. The molecule has 1 amide bonds. The van der Waals surface area contributed by atoms with Crippen molar-refractivity contribution >= 4 is 5.91 Å². The number of hydrogen-bond donors (Lipinski definition) is 1. The molecule has 1 saturated carbocycles. The number of carbonyl (C=O) groups excluding carboxylic acids is 1. The quantitative estimate of drug-likeness (QED) is 0.913. The van der Waals surface area contributed by atoms with Gasteiger partial charge in [0.2, 0.25) is 0 Å². The second kappa shape index (κ2) is 6.73. The summed E-state index contributed by atoms with van der Waals surface area (Å²) in [7, 11) is 1.75. The summed E-state index contributed by atoms with van der Waals surface area (Å²) in [5.74, 6) is 0.597. The van der Waals surface area contributed by atoms with Crippen molar-refractivity contribution in [3.8, 4) is 5.82 Å². The zero-order valence-corrected chi connectivity index (χ0v) is 14.3. The number of likely N-dealkylation sites (N-methyl/N-ethyl adjacent to an activating group) is 1. The van der Waals surface area contributed by atoms with Gasteiger partial charge in [-0.15, -0.1) is 0 Å². The van der Waals surface area contributed by atoms with Gasteiger partial charge in [-0.2, -0.15) is 5.10 Å². The normalized spacial score (nSPS) is 16.3. The molecule has 0 aliphatic heterocycles. The molecule has 128 valence electrons. The second-order valence-corrected chi connectivity index (χ2v) is 6.55. The number of rotatable bonds is 5. The van der Waals surface area contributed by atoms with E-state index in [0.717, 1.165) is 31.4 Å². The Balaban J connectivity index is 1.83. The Hall–Kier alpha value is -2.21. The average molecular weight is 328 g/mol. The minimum Gasteiger partial charge on any atom is -0.388 e. The summed E-state index contributed by atoms with van der Waals surface area (Å²) < 4.78 is 1.71. The fraction of sp³-hybridized carbons (Fsp3) is 0.500. The molecule has 3 rings (SSSR count). The molecular formula is C18H24N4O2. The van der Waals surface area contributed by atoms with Crippen LogP contribution in [0.1, 0.15) is 48.7 Å². The standard InChI is InChI=1S/C18H24N4O2/c1-3-15-14(12-20-22(15)16-8-4-7-11-19-16)17(23)21(2)13-18(24)9-5-6-10-18/h4,7-8,11-12,24H,3,5-6,9-10,13H2,1-2H3. The Labute approximate surface area is 142 Å². The van der Waals surface area contributed by atoms with Crippen LogP contribution in [0, 0.1) is 0 Å². The molecule has 1 N–H and O–H groups in total. The van der Waals surface area contributed by atoms with Crippen molar-refractivity contribution in [2.45, 2.75) is 44.6 Å². The van der Waals surface area contributed by atoms with Gasteiger partial charge >= 0.3 is 0 Å². The van der Waals surface area contributed by atoms with Crippen molar-refractivity contribution in [3.63, 3.8) is 0 Å². The molecule has 2 aromatic heterocycles. The van der Waals surface area contributed by atoms with Crippen molar-refractivity contribution in [1.82, 2.24) is 19.7 Å². The molecule has 2 aromatic rings. The lowest BCUT2D eigenvalue weighted by molar-refractivity contribution is 0.0156. The molecule has 1 aliphatic rings. The van der Waals surface area contributed by atoms with Gasteiger partial charge in [-0.25, -0.2) is 9.67 Å². The molecule has 24 heavy (non-hydrogen) atoms. The van der Waals surface area contributed by atoms with Gasteiger partial charge in [0.15, 0.2) is 5.82 Å². The summed E-state index contributed by atoms with van der Waals surface area (Å²) in [6, 6.07) is 5.61. The zero-order valence-electron chi connectivity index (χ0n) is 14.3. The van der Waals surface area contributed by atoms with Crippen LogP contribution in [0.5, 0.6) is 0 Å². The van der Waals surface area contributed by atoms with Gasteiger partial charge < -0.3 is 10.0 Å². The van der Waals surface area contributed by atoms with Crippen LogP contribution in [-0.4, -0.2) is 49.9 Å². The van der Waals surface area contributed by atoms with E-state index in [1.807, 2.05) is 25.1 Å². The smallest absolute Gasteiger partial charge is 0.257 e. The van der Waals surface area contributed by atoms with Gasteiger partial charge in [0.05, 0.1) is 23.1 Å². The van der Waals surface area contributed by atoms with E-state index in [-0.39, 0.29) is 5.91 Å². The predicted octanol–water partition coefficient (Wildman–Crippen LogP) is 2.21. The molecule has 1 fully saturated rings. The van der Waals surface area contributed by atoms with Crippen LogP contribution in [0.15, 0.2) is 30.6 Å². The molecule has 0 radical (unpaired) electrons. The summed E-state index contributed by atoms with van der Waals surface area (Å²) in [6.07, 6.45) is 7.56. The van der Waals surface area contributed by atoms with Gasteiger partial charge in [0.25, 0.3) is 5.91 Å². The van der Waals surface area contributed by atoms with E-state index in [4.69, 9.17) is 0 Å². The molecule has 0 bridgehead atoms. The fourth-order valence-corrected chi connectivity index (χ4v) is 3.48. The molecule has 0 spiro atoms. The van der Waals surface area contributed by atoms with Crippen LogP contribution in [0.25, 0.3) is 5.82 Å². The van der Waals surface area contributed by atoms with Crippen LogP contribution < -0.4 is 0 Å². The Morgan fingerprint density at radius 2 is 2.12 bits per heavy atom. The van der Waals surface area contributed by atoms with Crippen LogP contribution >= 0.6 is 0 Å². The van der Waals surface area contributed by atoms with E-state index in [1.54, 1.807) is 29.0 Å². The maximum absolute atomic E-state index is 12.8. The first kappa shape index (κ1) is 16.6. The van der Waals surface area contributed by atoms with Gasteiger partial charge in [0, 0.05) is 19.8 Å². The van der Waals surface area contributed by atoms with Crippen molar-refractivity contribution in [2.24, 2.45) is 0 Å². The Morgan fingerprint density at radius 1 is 1.38 bits per heavy atom. The Bertz CT molecular complexity index is 705. The van der Waals surface area contributed by atoms with E-state index in [9.17, 15) is 9.90 Å². The molecule has 0 saturated heterocycles. The van der Waals surface area contributed by atoms with E-state index in [1.165, 1.54) is 0 Å². The van der Waals surface area contributed by atoms with Crippen LogP contribution in [-0.2, 0) is 6.42 Å². The van der Waals surface area contributed by atoms with Crippen molar-refractivity contribution in [2.75, 3.05) is 13.6 Å². The minimum absolute atomic E-state index is 0.102. The SMILES string of the molecule is CCc1c(C(=O)N(C)CC2(O)CCCC2)cnn1-c1ccccn1. The average Bonchev–Trinajstić information content (AvgIpc) is 3.21. The molecule has 0 aromatic carbocycles. The minimum atomic E-state index is -0.742. The summed E-state index contributed by atoms with van der Waals surface area (Å²) >= 11 is 0. The lowest BCUT2D eigenvalue weighted by atomic mass is 10.0. The van der Waals surface area contributed by atoms with Crippen LogP contribution in [0.4, 0.5) is 0 Å². The maximum atomic E-state index is 12.8. The molecule has 6 heteroatoms. The highest BCUT2D eigenvalue weighted by atomic mass is 16.3. The number of nitrogens with zero attached hydrogens (tertiary/aromatic N) is 4. The van der Waals surface area contributed by atoms with Gasteiger partial charge in [-0.05, 0) is 31.4 Å². The zero-order chi connectivity index (χ0) is 17.2. The Morgan fingerprint density at radius 3 is 2.75 bits per heavy atom. The maximum Gasteiger partial charge on any atom is 0.257 e. The number of carbonyl (C=O) groups is 1. The largest absolute Gasteiger partial charge is 0.388 e. The molecular weight excluding hydrogens is 304 g/mol. The number of pyridine rings is 1. The topological polar surface area (TPSA) is 71.2 Å². The lowest BCUT2D eigenvalue weighted by Gasteiger charge is -2.28. The van der Waals surface area contributed by atoms with E-state index < -0.39 is 5.60 Å². The van der Waals surface area contributed by atoms with E-state index >= 15 is 0 Å². The van der Waals surface area contributed by atoms with Crippen LogP contribution in [0.3, 0.4) is 0 Å². The molecule has 6 nitrogen and oxygen atoms in total. The highest BCUT2D eigenvalue weighted by Crippen LogP contribution is 2.30. The number of hydrogen-bond acceptors (Lipinski definition) is 4. The van der Waals surface area contributed by atoms with Crippen LogP contribution in [0.2, 0.25) is 0 Å². The lowest BCUT2D eigenvalue weighted by Crippen LogP contribution is -2.42. The summed E-state index contributed by atoms with van der Waals surface area (Å²) in [6.45, 7) is 2.36. The van der Waals surface area contributed by atoms with Crippen molar-refractivity contribution in [3.05, 3.63) is 41.9 Å².